The Morgan fingerprint density at radius 1 is 0.867 bits per heavy atom. The fourth-order valence-corrected chi connectivity index (χ4v) is 2.23. The van der Waals surface area contributed by atoms with Crippen LogP contribution in [-0.2, 0) is 0 Å². The Hall–Kier alpha value is -0.160. The van der Waals surface area contributed by atoms with Crippen LogP contribution < -0.4 is 22.1 Å². The van der Waals surface area contributed by atoms with Crippen molar-refractivity contribution in [2.45, 2.75) is 44.2 Å². The summed E-state index contributed by atoms with van der Waals surface area (Å²) in [5, 5.41) is 7.17. The van der Waals surface area contributed by atoms with Crippen molar-refractivity contribution < 1.29 is 0 Å². The van der Waals surface area contributed by atoms with Crippen molar-refractivity contribution in [2.24, 2.45) is 11.5 Å². The maximum Gasteiger partial charge on any atom is 0.0221 e. The predicted octanol–water partition coefficient (Wildman–Crippen LogP) is -0.216. The maximum atomic E-state index is 5.48. The van der Waals surface area contributed by atoms with Crippen molar-refractivity contribution in [3.05, 3.63) is 0 Å². The smallest absolute Gasteiger partial charge is 0.0221 e. The lowest BCUT2D eigenvalue weighted by atomic mass is 10.1. The molecule has 1 aliphatic rings. The van der Waals surface area contributed by atoms with Gasteiger partial charge in [0.2, 0.25) is 0 Å². The van der Waals surface area contributed by atoms with Gasteiger partial charge in [-0.15, -0.1) is 0 Å². The normalized spacial score (nSPS) is 26.0. The molecule has 1 rings (SSSR count). The zero-order chi connectivity index (χ0) is 10.9. The van der Waals surface area contributed by atoms with E-state index in [0.29, 0.717) is 12.1 Å². The second-order valence-electron chi connectivity index (χ2n) is 4.34. The topological polar surface area (TPSA) is 76.1 Å². The molecule has 0 aromatic carbocycles. The molecule has 15 heavy (non-hydrogen) atoms. The minimum atomic E-state index is 0.648. The van der Waals surface area contributed by atoms with Crippen molar-refractivity contribution in [3.8, 4) is 0 Å². The van der Waals surface area contributed by atoms with Crippen molar-refractivity contribution in [3.63, 3.8) is 0 Å². The average Bonchev–Trinajstić information content (AvgIpc) is 2.67. The Kier molecular flexibility index (Phi) is 6.92. The molecule has 0 bridgehead atoms. The van der Waals surface area contributed by atoms with E-state index in [1.165, 1.54) is 19.3 Å². The third-order valence-electron chi connectivity index (χ3n) is 3.09. The number of hydrogen-bond donors (Lipinski definition) is 4. The summed E-state index contributed by atoms with van der Waals surface area (Å²) in [4.78, 5) is 0. The molecule has 0 heterocycles. The summed E-state index contributed by atoms with van der Waals surface area (Å²) in [5.74, 6) is 0. The summed E-state index contributed by atoms with van der Waals surface area (Å²) in [6, 6.07) is 1.30. The summed E-state index contributed by atoms with van der Waals surface area (Å²) in [6.07, 6.45) is 6.08. The number of nitrogens with one attached hydrogen (secondary N) is 2. The SMILES string of the molecule is NCCCN[C@@H]1CCC[C@H]1NCCCN. The van der Waals surface area contributed by atoms with Gasteiger partial charge in [0.1, 0.15) is 0 Å². The largest absolute Gasteiger partial charge is 0.330 e. The number of hydrogen-bond acceptors (Lipinski definition) is 4. The standard InChI is InChI=1S/C11H26N4/c12-6-2-8-14-10-4-1-5-11(10)15-9-3-7-13/h10-11,14-15H,1-9,12-13H2/t10-,11-/m1/s1. The third kappa shape index (κ3) is 4.93. The quantitative estimate of drug-likeness (QED) is 0.422. The van der Waals surface area contributed by atoms with E-state index in [2.05, 4.69) is 10.6 Å². The molecule has 2 atom stereocenters. The predicted molar refractivity (Wildman–Crippen MR) is 64.8 cm³/mol. The van der Waals surface area contributed by atoms with Gasteiger partial charge in [-0.25, -0.2) is 0 Å². The van der Waals surface area contributed by atoms with Gasteiger partial charge in [-0.2, -0.15) is 0 Å². The first-order valence-corrected chi connectivity index (χ1v) is 6.25. The van der Waals surface area contributed by atoms with Gasteiger partial charge in [-0.3, -0.25) is 0 Å². The molecular weight excluding hydrogens is 188 g/mol. The van der Waals surface area contributed by atoms with Crippen LogP contribution in [0.2, 0.25) is 0 Å². The Morgan fingerprint density at radius 2 is 1.33 bits per heavy atom. The van der Waals surface area contributed by atoms with Crippen LogP contribution in [0.1, 0.15) is 32.1 Å². The van der Waals surface area contributed by atoms with Crippen molar-refractivity contribution in [1.29, 1.82) is 0 Å². The van der Waals surface area contributed by atoms with Crippen LogP contribution in [0.3, 0.4) is 0 Å². The summed E-state index contributed by atoms with van der Waals surface area (Å²) in [6.45, 7) is 3.67. The second-order valence-corrected chi connectivity index (χ2v) is 4.34. The van der Waals surface area contributed by atoms with Gasteiger partial charge < -0.3 is 22.1 Å². The van der Waals surface area contributed by atoms with E-state index >= 15 is 0 Å². The molecule has 0 amide bonds. The molecule has 1 fully saturated rings. The molecule has 4 heteroatoms. The minimum absolute atomic E-state index is 0.648. The first-order chi connectivity index (χ1) is 7.38. The van der Waals surface area contributed by atoms with Crippen molar-refractivity contribution >= 4 is 0 Å². The number of nitrogens with two attached hydrogens (primary N) is 2. The minimum Gasteiger partial charge on any atom is -0.330 e. The monoisotopic (exact) mass is 214 g/mol. The summed E-state index contributed by atoms with van der Waals surface area (Å²) < 4.78 is 0. The van der Waals surface area contributed by atoms with Crippen LogP contribution in [0.4, 0.5) is 0 Å². The fourth-order valence-electron chi connectivity index (χ4n) is 2.23. The lowest BCUT2D eigenvalue weighted by Gasteiger charge is -2.22. The number of rotatable bonds is 8. The maximum absolute atomic E-state index is 5.48. The highest BCUT2D eigenvalue weighted by Gasteiger charge is 2.25. The van der Waals surface area contributed by atoms with Crippen molar-refractivity contribution in [2.75, 3.05) is 26.2 Å². The third-order valence-corrected chi connectivity index (χ3v) is 3.09. The van der Waals surface area contributed by atoms with E-state index in [9.17, 15) is 0 Å². The lowest BCUT2D eigenvalue weighted by molar-refractivity contribution is 0.407. The summed E-state index contributed by atoms with van der Waals surface area (Å²) in [7, 11) is 0. The molecule has 0 saturated heterocycles. The van der Waals surface area contributed by atoms with Crippen LogP contribution in [0.25, 0.3) is 0 Å². The Bertz CT molecular complexity index is 136. The van der Waals surface area contributed by atoms with E-state index < -0.39 is 0 Å². The van der Waals surface area contributed by atoms with Crippen molar-refractivity contribution in [1.82, 2.24) is 10.6 Å². The van der Waals surface area contributed by atoms with Gasteiger partial charge in [0, 0.05) is 12.1 Å². The molecule has 1 aliphatic carbocycles. The van der Waals surface area contributed by atoms with Crippen LogP contribution in [0.15, 0.2) is 0 Å². The first kappa shape index (κ1) is 12.9. The van der Waals surface area contributed by atoms with E-state index in [0.717, 1.165) is 39.0 Å². The molecule has 1 saturated carbocycles. The molecule has 0 unspecified atom stereocenters. The molecule has 0 aliphatic heterocycles. The van der Waals surface area contributed by atoms with Crippen LogP contribution >= 0.6 is 0 Å². The van der Waals surface area contributed by atoms with Gasteiger partial charge >= 0.3 is 0 Å². The van der Waals surface area contributed by atoms with E-state index in [4.69, 9.17) is 11.5 Å². The molecule has 6 N–H and O–H groups in total. The van der Waals surface area contributed by atoms with Crippen LogP contribution in [0.5, 0.6) is 0 Å². The Morgan fingerprint density at radius 3 is 1.73 bits per heavy atom. The van der Waals surface area contributed by atoms with Crippen LogP contribution in [0, 0.1) is 0 Å². The molecule has 90 valence electrons. The molecule has 0 spiro atoms. The zero-order valence-electron chi connectivity index (χ0n) is 9.67. The fraction of sp³-hybridized carbons (Fsp3) is 1.00. The lowest BCUT2D eigenvalue weighted by Crippen LogP contribution is -2.45. The second kappa shape index (κ2) is 8.05. The first-order valence-electron chi connectivity index (χ1n) is 6.25. The van der Waals surface area contributed by atoms with Crippen LogP contribution in [-0.4, -0.2) is 38.3 Å². The molecule has 0 aromatic rings. The zero-order valence-corrected chi connectivity index (χ0v) is 9.67. The summed E-state index contributed by atoms with van der Waals surface area (Å²) >= 11 is 0. The summed E-state index contributed by atoms with van der Waals surface area (Å²) in [5.41, 5.74) is 11.0. The van der Waals surface area contributed by atoms with E-state index in [1.807, 2.05) is 0 Å². The highest BCUT2D eigenvalue weighted by molar-refractivity contribution is 4.88. The highest BCUT2D eigenvalue weighted by atomic mass is 15.0. The van der Waals surface area contributed by atoms with E-state index in [1.54, 1.807) is 0 Å². The van der Waals surface area contributed by atoms with Gasteiger partial charge in [-0.05, 0) is 51.9 Å². The van der Waals surface area contributed by atoms with Gasteiger partial charge in [0.15, 0.2) is 0 Å². The molecular formula is C11H26N4. The van der Waals surface area contributed by atoms with Gasteiger partial charge in [0.05, 0.1) is 0 Å². The Labute approximate surface area is 93.2 Å². The molecule has 4 nitrogen and oxygen atoms in total. The molecule has 0 aromatic heterocycles. The average molecular weight is 214 g/mol. The van der Waals surface area contributed by atoms with E-state index in [-0.39, 0.29) is 0 Å². The molecule has 0 radical (unpaired) electrons. The van der Waals surface area contributed by atoms with Gasteiger partial charge in [0.25, 0.3) is 0 Å². The van der Waals surface area contributed by atoms with Gasteiger partial charge in [-0.1, -0.05) is 6.42 Å². The Balaban J connectivity index is 2.11. The highest BCUT2D eigenvalue weighted by Crippen LogP contribution is 2.18.